The minimum absolute atomic E-state index is 0.129. The summed E-state index contributed by atoms with van der Waals surface area (Å²) in [4.78, 5) is 22.2. The van der Waals surface area contributed by atoms with Crippen LogP contribution in [-0.4, -0.2) is 25.4 Å². The Morgan fingerprint density at radius 2 is 1.89 bits per heavy atom. The predicted octanol–water partition coefficient (Wildman–Crippen LogP) is 1.17. The molecule has 0 unspecified atom stereocenters. The van der Waals surface area contributed by atoms with Crippen molar-refractivity contribution in [3.63, 3.8) is 0 Å². The zero-order chi connectivity index (χ0) is 14.5. The van der Waals surface area contributed by atoms with Gasteiger partial charge in [-0.25, -0.2) is 4.39 Å². The quantitative estimate of drug-likeness (QED) is 0.846. The van der Waals surface area contributed by atoms with Gasteiger partial charge in [0.1, 0.15) is 5.82 Å². The van der Waals surface area contributed by atoms with Crippen LogP contribution in [0.25, 0.3) is 0 Å². The number of rotatable bonds is 5. The fraction of sp³-hybridized carbons (Fsp3) is 0.333. The van der Waals surface area contributed by atoms with Gasteiger partial charge in [0.15, 0.2) is 0 Å². The monoisotopic (exact) mass is 274 g/mol. The van der Waals surface area contributed by atoms with Crippen LogP contribution in [-0.2, 0) is 15.5 Å². The molecule has 0 fully saturated rings. The average molecular weight is 274 g/mol. The number of nitrogens with one attached hydrogen (secondary N) is 2. The summed E-state index contributed by atoms with van der Waals surface area (Å²) in [7, 11) is 1.39. The Morgan fingerprint density at radius 3 is 2.47 bits per heavy atom. The van der Waals surface area contributed by atoms with Crippen molar-refractivity contribution in [2.24, 2.45) is 0 Å². The lowest BCUT2D eigenvalue weighted by molar-refractivity contribution is -0.147. The number of carbonyl (C=O) groups excluding carboxylic acids is 2. The second-order valence-electron chi connectivity index (χ2n) is 3.73. The molecule has 2 N–H and O–H groups in total. The highest BCUT2D eigenvalue weighted by atomic mass is 19.3. The first-order valence-corrected chi connectivity index (χ1v) is 5.51. The standard InChI is InChI=1S/C12H13F3N2O2/c1-16-10(18)6-7-17-11(19)12(14,15)8-4-2-3-5-9(8)13/h2-5H,6-7H2,1H3,(H,16,18)(H,17,19). The molecular formula is C12H13F3N2O2. The third-order valence-corrected chi connectivity index (χ3v) is 2.41. The second-order valence-corrected chi connectivity index (χ2v) is 3.73. The molecule has 0 radical (unpaired) electrons. The molecule has 104 valence electrons. The van der Waals surface area contributed by atoms with Gasteiger partial charge in [-0.15, -0.1) is 0 Å². The van der Waals surface area contributed by atoms with E-state index >= 15 is 0 Å². The van der Waals surface area contributed by atoms with Crippen LogP contribution in [0.5, 0.6) is 0 Å². The van der Waals surface area contributed by atoms with Gasteiger partial charge in [0.2, 0.25) is 5.91 Å². The normalized spacial score (nSPS) is 10.9. The van der Waals surface area contributed by atoms with E-state index in [0.717, 1.165) is 12.1 Å². The van der Waals surface area contributed by atoms with E-state index in [9.17, 15) is 22.8 Å². The molecule has 2 amide bonds. The van der Waals surface area contributed by atoms with Crippen LogP contribution >= 0.6 is 0 Å². The Labute approximate surface area is 108 Å². The van der Waals surface area contributed by atoms with E-state index in [1.165, 1.54) is 19.2 Å². The van der Waals surface area contributed by atoms with Gasteiger partial charge in [-0.2, -0.15) is 8.78 Å². The van der Waals surface area contributed by atoms with Gasteiger partial charge >= 0.3 is 5.92 Å². The number of amides is 2. The van der Waals surface area contributed by atoms with Gasteiger partial charge in [0.05, 0.1) is 5.56 Å². The summed E-state index contributed by atoms with van der Waals surface area (Å²) >= 11 is 0. The van der Waals surface area contributed by atoms with Gasteiger partial charge in [0, 0.05) is 20.0 Å². The van der Waals surface area contributed by atoms with Crippen molar-refractivity contribution in [1.29, 1.82) is 0 Å². The van der Waals surface area contributed by atoms with Gasteiger partial charge in [0.25, 0.3) is 5.91 Å². The summed E-state index contributed by atoms with van der Waals surface area (Å²) in [5.41, 5.74) is -0.993. The van der Waals surface area contributed by atoms with Crippen molar-refractivity contribution in [2.45, 2.75) is 12.3 Å². The van der Waals surface area contributed by atoms with E-state index in [0.29, 0.717) is 0 Å². The summed E-state index contributed by atoms with van der Waals surface area (Å²) in [6.45, 7) is -0.247. The zero-order valence-corrected chi connectivity index (χ0v) is 10.2. The van der Waals surface area contributed by atoms with Gasteiger partial charge < -0.3 is 10.6 Å². The van der Waals surface area contributed by atoms with Crippen molar-refractivity contribution in [1.82, 2.24) is 10.6 Å². The van der Waals surface area contributed by atoms with Crippen LogP contribution in [0.3, 0.4) is 0 Å². The van der Waals surface area contributed by atoms with Gasteiger partial charge in [-0.3, -0.25) is 9.59 Å². The highest BCUT2D eigenvalue weighted by Gasteiger charge is 2.42. The summed E-state index contributed by atoms with van der Waals surface area (Å²) in [5.74, 6) is -7.17. The average Bonchev–Trinajstić information content (AvgIpc) is 2.38. The molecule has 0 saturated heterocycles. The Bertz CT molecular complexity index is 478. The number of alkyl halides is 2. The molecule has 0 aromatic heterocycles. The lowest BCUT2D eigenvalue weighted by Gasteiger charge is -2.16. The lowest BCUT2D eigenvalue weighted by atomic mass is 10.1. The molecule has 1 rings (SSSR count). The van der Waals surface area contributed by atoms with Crippen LogP contribution in [0.1, 0.15) is 12.0 Å². The third kappa shape index (κ3) is 3.70. The van der Waals surface area contributed by atoms with Crippen LogP contribution in [0.2, 0.25) is 0 Å². The topological polar surface area (TPSA) is 58.2 Å². The van der Waals surface area contributed by atoms with Crippen molar-refractivity contribution in [3.8, 4) is 0 Å². The van der Waals surface area contributed by atoms with E-state index < -0.39 is 29.1 Å². The van der Waals surface area contributed by atoms with Gasteiger partial charge in [-0.1, -0.05) is 12.1 Å². The number of carbonyl (C=O) groups is 2. The molecule has 4 nitrogen and oxygen atoms in total. The highest BCUT2D eigenvalue weighted by Crippen LogP contribution is 2.29. The van der Waals surface area contributed by atoms with E-state index in [1.54, 1.807) is 0 Å². The molecule has 1 aromatic rings. The number of hydrogen-bond donors (Lipinski definition) is 2. The smallest absolute Gasteiger partial charge is 0.352 e. The van der Waals surface area contributed by atoms with Crippen LogP contribution in [0.4, 0.5) is 13.2 Å². The molecule has 0 aliphatic rings. The third-order valence-electron chi connectivity index (χ3n) is 2.41. The molecular weight excluding hydrogens is 261 g/mol. The van der Waals surface area contributed by atoms with Crippen molar-refractivity contribution >= 4 is 11.8 Å². The molecule has 0 bridgehead atoms. The van der Waals surface area contributed by atoms with Crippen LogP contribution < -0.4 is 10.6 Å². The minimum Gasteiger partial charge on any atom is -0.359 e. The maximum Gasteiger partial charge on any atom is 0.352 e. The fourth-order valence-corrected chi connectivity index (χ4v) is 1.36. The maximum atomic E-state index is 13.7. The van der Waals surface area contributed by atoms with E-state index in [-0.39, 0.29) is 13.0 Å². The molecule has 1 aromatic carbocycles. The fourth-order valence-electron chi connectivity index (χ4n) is 1.36. The zero-order valence-electron chi connectivity index (χ0n) is 10.2. The number of hydrogen-bond acceptors (Lipinski definition) is 2. The van der Waals surface area contributed by atoms with Crippen molar-refractivity contribution < 1.29 is 22.8 Å². The van der Waals surface area contributed by atoms with E-state index in [2.05, 4.69) is 5.32 Å². The molecule has 7 heteroatoms. The predicted molar refractivity (Wildman–Crippen MR) is 62.0 cm³/mol. The summed E-state index contributed by atoms with van der Waals surface area (Å²) in [6.07, 6.45) is -0.129. The Kier molecular flexibility index (Phi) is 4.91. The summed E-state index contributed by atoms with van der Waals surface area (Å²) in [6, 6.07) is 4.15. The molecule has 0 saturated carbocycles. The van der Waals surface area contributed by atoms with E-state index in [4.69, 9.17) is 0 Å². The first kappa shape index (κ1) is 15.0. The molecule has 0 spiro atoms. The van der Waals surface area contributed by atoms with Crippen LogP contribution in [0.15, 0.2) is 24.3 Å². The Balaban J connectivity index is 2.70. The first-order chi connectivity index (χ1) is 8.89. The number of benzene rings is 1. The van der Waals surface area contributed by atoms with E-state index in [1.807, 2.05) is 5.32 Å². The maximum absolute atomic E-state index is 13.7. The van der Waals surface area contributed by atoms with Crippen LogP contribution in [0, 0.1) is 5.82 Å². The van der Waals surface area contributed by atoms with Crippen molar-refractivity contribution in [2.75, 3.05) is 13.6 Å². The molecule has 19 heavy (non-hydrogen) atoms. The molecule has 0 heterocycles. The molecule has 0 atom stereocenters. The second kappa shape index (κ2) is 6.21. The SMILES string of the molecule is CNC(=O)CCNC(=O)C(F)(F)c1ccccc1F. The lowest BCUT2D eigenvalue weighted by Crippen LogP contribution is -2.40. The largest absolute Gasteiger partial charge is 0.359 e. The molecule has 0 aliphatic carbocycles. The molecule has 0 aliphatic heterocycles. The number of halogens is 3. The minimum atomic E-state index is -3.98. The summed E-state index contributed by atoms with van der Waals surface area (Å²) in [5, 5.41) is 4.18. The first-order valence-electron chi connectivity index (χ1n) is 5.51. The Hall–Kier alpha value is -2.05. The summed E-state index contributed by atoms with van der Waals surface area (Å²) < 4.78 is 40.6. The highest BCUT2D eigenvalue weighted by molar-refractivity contribution is 5.85. The van der Waals surface area contributed by atoms with Crippen molar-refractivity contribution in [3.05, 3.63) is 35.6 Å². The Morgan fingerprint density at radius 1 is 1.26 bits per heavy atom. The van der Waals surface area contributed by atoms with Gasteiger partial charge in [-0.05, 0) is 12.1 Å².